The van der Waals surface area contributed by atoms with E-state index in [-0.39, 0.29) is 11.5 Å². The average Bonchev–Trinajstić information content (AvgIpc) is 3.26. The summed E-state index contributed by atoms with van der Waals surface area (Å²) in [4.78, 5) is 0. The van der Waals surface area contributed by atoms with Crippen LogP contribution < -0.4 is 0 Å². The Bertz CT molecular complexity index is 985. The zero-order valence-corrected chi connectivity index (χ0v) is 20.5. The molecule has 1 heterocycles. The summed E-state index contributed by atoms with van der Waals surface area (Å²) < 4.78 is 9.56. The van der Waals surface area contributed by atoms with Gasteiger partial charge in [0.05, 0.1) is 11.8 Å². The normalized spacial score (nSPS) is 10.6. The first-order valence-electron chi connectivity index (χ1n) is 7.99. The Hall–Kier alpha value is -1.76. The third-order valence-corrected chi connectivity index (χ3v) is 6.11. The fourth-order valence-corrected chi connectivity index (χ4v) is 3.31. The summed E-state index contributed by atoms with van der Waals surface area (Å²) >= 11 is 10.3. The van der Waals surface area contributed by atoms with Crippen LogP contribution in [0.15, 0.2) is 63.1 Å². The van der Waals surface area contributed by atoms with Crippen molar-refractivity contribution in [3.63, 3.8) is 0 Å². The Morgan fingerprint density at radius 3 is 2.27 bits per heavy atom. The predicted molar refractivity (Wildman–Crippen MR) is 123 cm³/mol. The number of aromatic nitrogens is 2. The first kappa shape index (κ1) is 26.3. The Kier molecular flexibility index (Phi) is 13.2. The number of para-hydroxylation sites is 2. The molecule has 3 rings (SSSR count). The number of benzene rings is 2. The van der Waals surface area contributed by atoms with Crippen molar-refractivity contribution >= 4 is 58.1 Å². The average molecular weight is 517 g/mol. The van der Waals surface area contributed by atoms with E-state index in [0.29, 0.717) is 9.94 Å². The SMILES string of the molecule is CSC([S-])=NN=Cc1ccccc1O.CSc1nnc(-c2ccccc2O)s1.[O]=[V]. The number of nitrogens with zero attached hydrogens (tertiary/aromatic N) is 4. The van der Waals surface area contributed by atoms with Crippen LogP contribution >= 0.6 is 34.9 Å². The molecule has 30 heavy (non-hydrogen) atoms. The van der Waals surface area contributed by atoms with Crippen molar-refractivity contribution in [2.45, 2.75) is 4.34 Å². The molecule has 1 aromatic heterocycles. The number of phenolic OH excluding ortho intramolecular Hbond substituents is 2. The molecule has 0 atom stereocenters. The number of hydrogen-bond acceptors (Lipinski definition) is 11. The summed E-state index contributed by atoms with van der Waals surface area (Å²) in [6, 6.07) is 14.0. The Labute approximate surface area is 201 Å². The quantitative estimate of drug-likeness (QED) is 0.172. The van der Waals surface area contributed by atoms with Gasteiger partial charge in [-0.1, -0.05) is 47.4 Å². The Morgan fingerprint density at radius 1 is 1.07 bits per heavy atom. The topological polar surface area (TPSA) is 108 Å². The van der Waals surface area contributed by atoms with Crippen LogP contribution in [0.4, 0.5) is 0 Å². The van der Waals surface area contributed by atoms with Gasteiger partial charge in [-0.15, -0.1) is 22.0 Å². The van der Waals surface area contributed by atoms with Crippen molar-refractivity contribution in [1.82, 2.24) is 10.2 Å². The third-order valence-electron chi connectivity index (χ3n) is 3.16. The molecular formula is C18H17N4O3S4V-. The van der Waals surface area contributed by atoms with Crippen LogP contribution in [-0.2, 0) is 33.7 Å². The van der Waals surface area contributed by atoms with E-state index in [1.54, 1.807) is 42.1 Å². The van der Waals surface area contributed by atoms with Gasteiger partial charge in [0.1, 0.15) is 11.5 Å². The van der Waals surface area contributed by atoms with Crippen LogP contribution in [-0.4, -0.2) is 43.5 Å². The monoisotopic (exact) mass is 516 g/mol. The number of hydrogen-bond donors (Lipinski definition) is 2. The van der Waals surface area contributed by atoms with Crippen molar-refractivity contribution in [3.05, 3.63) is 54.1 Å². The van der Waals surface area contributed by atoms with Crippen molar-refractivity contribution in [2.75, 3.05) is 12.5 Å². The van der Waals surface area contributed by atoms with Gasteiger partial charge in [-0.2, -0.15) is 10.2 Å². The van der Waals surface area contributed by atoms with Gasteiger partial charge in [0.25, 0.3) is 0 Å². The van der Waals surface area contributed by atoms with Gasteiger partial charge < -0.3 is 22.8 Å². The third kappa shape index (κ3) is 8.94. The Morgan fingerprint density at radius 2 is 1.70 bits per heavy atom. The number of rotatable bonds is 4. The number of phenols is 2. The van der Waals surface area contributed by atoms with E-state index in [4.69, 9.17) is 16.3 Å². The molecule has 0 aliphatic rings. The molecule has 12 heteroatoms. The molecule has 0 unspecified atom stereocenters. The fraction of sp³-hybridized carbons (Fsp3) is 0.111. The number of thioether (sulfide) groups is 2. The van der Waals surface area contributed by atoms with Gasteiger partial charge in [-0.25, -0.2) is 0 Å². The molecule has 0 aliphatic carbocycles. The second kappa shape index (κ2) is 15.1. The van der Waals surface area contributed by atoms with Gasteiger partial charge in [0, 0.05) is 5.56 Å². The molecule has 2 N–H and O–H groups in total. The molecule has 0 bridgehead atoms. The van der Waals surface area contributed by atoms with Crippen LogP contribution in [0.25, 0.3) is 10.6 Å². The summed E-state index contributed by atoms with van der Waals surface area (Å²) in [6.45, 7) is 0. The van der Waals surface area contributed by atoms with E-state index in [1.165, 1.54) is 29.3 Å². The van der Waals surface area contributed by atoms with Gasteiger partial charge in [-0.05, 0) is 41.2 Å². The maximum atomic E-state index is 9.58. The molecule has 0 fully saturated rings. The second-order valence-corrected chi connectivity index (χ2v) is 8.44. The van der Waals surface area contributed by atoms with Gasteiger partial charge in [0.15, 0.2) is 9.35 Å². The molecule has 0 aliphatic heterocycles. The van der Waals surface area contributed by atoms with E-state index >= 15 is 0 Å². The predicted octanol–water partition coefficient (Wildman–Crippen LogP) is 4.50. The summed E-state index contributed by atoms with van der Waals surface area (Å²) in [5.41, 5.74) is 1.37. The van der Waals surface area contributed by atoms with E-state index in [2.05, 4.69) is 20.4 Å². The number of aromatic hydroxyl groups is 2. The van der Waals surface area contributed by atoms with Crippen LogP contribution in [0.2, 0.25) is 0 Å². The van der Waals surface area contributed by atoms with Crippen LogP contribution in [0.5, 0.6) is 11.5 Å². The molecule has 0 saturated heterocycles. The molecule has 7 nitrogen and oxygen atoms in total. The van der Waals surface area contributed by atoms with Gasteiger partial charge in [0.2, 0.25) is 0 Å². The van der Waals surface area contributed by atoms with Crippen molar-refractivity contribution in [2.24, 2.45) is 10.2 Å². The molecular weight excluding hydrogens is 499 g/mol. The standard InChI is InChI=1S/C9H8N2OS2.C9H10N2OS2.O.V/c1-13-9-11-10-8(14-9)6-4-2-3-5-7(6)12;1-14-9(13)11-10-6-7-4-2-3-5-8(7)12;;/h2-5,12H,1H3;2-6,12H,1H3,(H,11,13);;/p-1. The zero-order chi connectivity index (χ0) is 22.4. The zero-order valence-electron chi connectivity index (χ0n) is 15.9. The fourth-order valence-electron chi connectivity index (χ4n) is 1.83. The van der Waals surface area contributed by atoms with Crippen molar-refractivity contribution in [3.8, 4) is 22.1 Å². The molecule has 0 radical (unpaired) electrons. The maximum absolute atomic E-state index is 9.58. The summed E-state index contributed by atoms with van der Waals surface area (Å²) in [7, 11) is 0. The molecule has 0 amide bonds. The van der Waals surface area contributed by atoms with Gasteiger partial charge >= 0.3 is 21.0 Å². The van der Waals surface area contributed by atoms with Crippen molar-refractivity contribution < 1.29 is 31.3 Å². The molecule has 3 aromatic rings. The van der Waals surface area contributed by atoms with Gasteiger partial charge in [-0.3, -0.25) is 0 Å². The summed E-state index contributed by atoms with van der Waals surface area (Å²) in [5, 5.41) is 35.2. The Balaban J connectivity index is 0.000000277. The van der Waals surface area contributed by atoms with E-state index < -0.39 is 0 Å². The van der Waals surface area contributed by atoms with Crippen LogP contribution in [0, 0.1) is 0 Å². The minimum absolute atomic E-state index is 0.182. The molecule has 157 valence electrons. The second-order valence-electron chi connectivity index (χ2n) is 4.97. The summed E-state index contributed by atoms with van der Waals surface area (Å²) in [5.74, 6) is 0.429. The molecule has 0 saturated carbocycles. The van der Waals surface area contributed by atoms with Crippen LogP contribution in [0.1, 0.15) is 5.56 Å². The van der Waals surface area contributed by atoms with E-state index in [0.717, 1.165) is 32.3 Å². The summed E-state index contributed by atoms with van der Waals surface area (Å²) in [6.07, 6.45) is 5.26. The minimum atomic E-state index is 0.182. The first-order valence-corrected chi connectivity index (χ1v) is 12.2. The van der Waals surface area contributed by atoms with Crippen LogP contribution in [0.3, 0.4) is 0 Å². The first-order chi connectivity index (χ1) is 14.5. The van der Waals surface area contributed by atoms with Crippen molar-refractivity contribution in [1.29, 1.82) is 0 Å². The molecule has 0 spiro atoms. The molecule has 2 aromatic carbocycles. The van der Waals surface area contributed by atoms with E-state index in [9.17, 15) is 10.2 Å². The van der Waals surface area contributed by atoms with E-state index in [1.807, 2.05) is 30.7 Å².